The van der Waals surface area contributed by atoms with Gasteiger partial charge in [0, 0.05) is 38.4 Å². The summed E-state index contributed by atoms with van der Waals surface area (Å²) < 4.78 is 31.0. The summed E-state index contributed by atoms with van der Waals surface area (Å²) in [6.45, 7) is 5.71. The van der Waals surface area contributed by atoms with Crippen molar-refractivity contribution >= 4 is 28.4 Å². The number of aliphatic hydroxyl groups is 1. The van der Waals surface area contributed by atoms with E-state index in [0.29, 0.717) is 29.5 Å². The molecule has 11 nitrogen and oxygen atoms in total. The van der Waals surface area contributed by atoms with Crippen molar-refractivity contribution in [3.63, 3.8) is 0 Å². The predicted octanol–water partition coefficient (Wildman–Crippen LogP) is 3.96. The highest BCUT2D eigenvalue weighted by atomic mass is 19.4. The highest BCUT2D eigenvalue weighted by Gasteiger charge is 2.49. The number of urea groups is 1. The highest BCUT2D eigenvalue weighted by molar-refractivity contribution is 5.96. The third-order valence-corrected chi connectivity index (χ3v) is 7.20. The second kappa shape index (κ2) is 12.4. The van der Waals surface area contributed by atoms with Crippen molar-refractivity contribution in [1.29, 1.82) is 0 Å². The Balaban J connectivity index is 0.000000867. The fourth-order valence-electron chi connectivity index (χ4n) is 5.08. The molecule has 3 aromatic heterocycles. The van der Waals surface area contributed by atoms with Crippen molar-refractivity contribution in [3.05, 3.63) is 18.5 Å². The Hall–Kier alpha value is -3.39. The van der Waals surface area contributed by atoms with E-state index >= 15 is 0 Å². The van der Waals surface area contributed by atoms with Crippen LogP contribution in [0, 0.1) is 5.92 Å². The number of hydrogen-bond donors (Lipinski definition) is 4. The Morgan fingerprint density at radius 1 is 1.32 bits per heavy atom. The molecule has 14 heteroatoms. The minimum atomic E-state index is -3.67. The maximum Gasteiger partial charge on any atom is 0.379 e. The number of carbonyl (C=O) groups is 1. The van der Waals surface area contributed by atoms with Gasteiger partial charge in [-0.15, -0.1) is 0 Å². The van der Waals surface area contributed by atoms with Crippen molar-refractivity contribution in [1.82, 2.24) is 29.9 Å². The molecule has 0 aromatic carbocycles. The molecule has 3 aromatic rings. The number of H-pyrrole nitrogens is 1. The lowest BCUT2D eigenvalue weighted by molar-refractivity contribution is 0.00818. The Bertz CT molecular complexity index is 1290. The van der Waals surface area contributed by atoms with E-state index in [2.05, 4.69) is 34.3 Å². The largest absolute Gasteiger partial charge is 0.394 e. The number of rotatable bonds is 9. The highest BCUT2D eigenvalue weighted by Crippen LogP contribution is 2.42. The van der Waals surface area contributed by atoms with Crippen LogP contribution in [0.4, 0.5) is 29.5 Å². The molecule has 1 saturated heterocycles. The molecular formula is C26H38F3N9O2. The monoisotopic (exact) mass is 565 g/mol. The second-order valence-corrected chi connectivity index (χ2v) is 10.9. The van der Waals surface area contributed by atoms with Crippen molar-refractivity contribution < 1.29 is 23.1 Å². The summed E-state index contributed by atoms with van der Waals surface area (Å²) in [5, 5.41) is 26.0. The molecule has 220 valence electrons. The number of amides is 2. The standard InChI is InChI=1S/C25H37N9O2.CHF3/c1-4-8-33(25(15-35)6-7-25)24(36)29-20-12-28-30-22(20)19-10-21-18(11-27-19)23(31-34(21)13-16(2)3)32-9-5-17(26)14-32;2-1(3)4/h10-12,16-17,35H,4-9,13-15,26H2,1-3H3,(H,28,30)(H,29,36);1H. The smallest absolute Gasteiger partial charge is 0.379 e. The molecule has 0 radical (unpaired) electrons. The number of anilines is 2. The van der Waals surface area contributed by atoms with E-state index in [4.69, 9.17) is 15.8 Å². The molecule has 2 amide bonds. The van der Waals surface area contributed by atoms with Gasteiger partial charge in [-0.1, -0.05) is 20.8 Å². The summed E-state index contributed by atoms with van der Waals surface area (Å²) in [7, 11) is 0. The summed E-state index contributed by atoms with van der Waals surface area (Å²) >= 11 is 0. The lowest BCUT2D eigenvalue weighted by atomic mass is 10.2. The van der Waals surface area contributed by atoms with E-state index in [-0.39, 0.29) is 18.7 Å². The summed E-state index contributed by atoms with van der Waals surface area (Å²) in [5.41, 5.74) is 8.58. The summed E-state index contributed by atoms with van der Waals surface area (Å²) in [5.74, 6) is 1.34. The van der Waals surface area contributed by atoms with Gasteiger partial charge < -0.3 is 26.0 Å². The van der Waals surface area contributed by atoms with Gasteiger partial charge in [-0.05, 0) is 37.7 Å². The zero-order valence-electron chi connectivity index (χ0n) is 23.1. The average molecular weight is 566 g/mol. The first-order chi connectivity index (χ1) is 19.1. The van der Waals surface area contributed by atoms with Crippen LogP contribution in [-0.2, 0) is 6.54 Å². The zero-order chi connectivity index (χ0) is 29.0. The van der Waals surface area contributed by atoms with Crippen LogP contribution < -0.4 is 16.0 Å². The molecule has 1 aliphatic heterocycles. The van der Waals surface area contributed by atoms with E-state index in [9.17, 15) is 23.1 Å². The lowest BCUT2D eigenvalue weighted by Crippen LogP contribution is -2.47. The maximum absolute atomic E-state index is 13.2. The molecular weight excluding hydrogens is 527 g/mol. The minimum absolute atomic E-state index is 0.0268. The molecule has 40 heavy (non-hydrogen) atoms. The zero-order valence-corrected chi connectivity index (χ0v) is 23.1. The number of fused-ring (bicyclic) bond motifs is 1. The van der Waals surface area contributed by atoms with Gasteiger partial charge in [-0.2, -0.15) is 23.4 Å². The first-order valence-electron chi connectivity index (χ1n) is 13.6. The number of aromatic nitrogens is 5. The molecule has 0 bridgehead atoms. The van der Waals surface area contributed by atoms with Gasteiger partial charge in [-0.3, -0.25) is 14.8 Å². The Labute approximate surface area is 230 Å². The van der Waals surface area contributed by atoms with Gasteiger partial charge in [0.2, 0.25) is 0 Å². The van der Waals surface area contributed by atoms with Gasteiger partial charge in [0.05, 0.1) is 40.6 Å². The van der Waals surface area contributed by atoms with Gasteiger partial charge in [0.1, 0.15) is 5.69 Å². The van der Waals surface area contributed by atoms with Crippen LogP contribution in [0.25, 0.3) is 22.3 Å². The van der Waals surface area contributed by atoms with Gasteiger partial charge in [-0.25, -0.2) is 4.79 Å². The Kier molecular flexibility index (Phi) is 9.19. The molecule has 2 fully saturated rings. The van der Waals surface area contributed by atoms with E-state index in [1.165, 1.54) is 0 Å². The molecule has 1 unspecified atom stereocenters. The van der Waals surface area contributed by atoms with Gasteiger partial charge >= 0.3 is 12.7 Å². The topological polar surface area (TPSA) is 141 Å². The summed E-state index contributed by atoms with van der Waals surface area (Å²) in [6, 6.07) is 1.93. The number of nitrogens with two attached hydrogens (primary N) is 1. The first-order valence-corrected chi connectivity index (χ1v) is 13.6. The van der Waals surface area contributed by atoms with Crippen LogP contribution in [0.3, 0.4) is 0 Å². The number of nitrogens with zero attached hydrogens (tertiary/aromatic N) is 6. The molecule has 5 rings (SSSR count). The fraction of sp³-hybridized carbons (Fsp3) is 0.615. The minimum Gasteiger partial charge on any atom is -0.394 e. The molecule has 5 N–H and O–H groups in total. The van der Waals surface area contributed by atoms with Crippen LogP contribution in [0.15, 0.2) is 18.5 Å². The van der Waals surface area contributed by atoms with Crippen molar-refractivity contribution in [2.75, 3.05) is 36.5 Å². The van der Waals surface area contributed by atoms with E-state index in [1.54, 1.807) is 11.1 Å². The van der Waals surface area contributed by atoms with Crippen LogP contribution in [0.5, 0.6) is 0 Å². The quantitative estimate of drug-likeness (QED) is 0.308. The number of carbonyl (C=O) groups excluding carboxylic acids is 1. The number of aromatic amines is 1. The van der Waals surface area contributed by atoms with Crippen molar-refractivity contribution in [2.24, 2.45) is 11.7 Å². The van der Waals surface area contributed by atoms with Crippen molar-refractivity contribution in [2.45, 2.75) is 71.3 Å². The fourth-order valence-corrected chi connectivity index (χ4v) is 5.08. The van der Waals surface area contributed by atoms with Gasteiger partial charge in [0.15, 0.2) is 5.82 Å². The predicted molar refractivity (Wildman–Crippen MR) is 147 cm³/mol. The average Bonchev–Trinajstić information content (AvgIpc) is 3.17. The normalized spacial score (nSPS) is 17.9. The number of pyridine rings is 1. The van der Waals surface area contributed by atoms with Gasteiger partial charge in [0.25, 0.3) is 0 Å². The summed E-state index contributed by atoms with van der Waals surface area (Å²) in [6.07, 6.45) is 6.86. The van der Waals surface area contributed by atoms with Crippen molar-refractivity contribution in [3.8, 4) is 11.4 Å². The summed E-state index contributed by atoms with van der Waals surface area (Å²) in [4.78, 5) is 21.9. The molecule has 2 aliphatic rings. The van der Waals surface area contributed by atoms with Crippen LogP contribution in [-0.4, -0.2) is 85.5 Å². The number of hydrogen-bond acceptors (Lipinski definition) is 7. The third kappa shape index (κ3) is 6.49. The number of halogens is 3. The molecule has 1 atom stereocenters. The van der Waals surface area contributed by atoms with Crippen LogP contribution in [0.2, 0.25) is 0 Å². The van der Waals surface area contributed by atoms with Crippen LogP contribution in [0.1, 0.15) is 46.5 Å². The molecule has 1 saturated carbocycles. The SMILES string of the molecule is CCCN(C(=O)Nc1cn[nH]c1-c1cc2c(cn1)c(N1CCC(N)C1)nn2CC(C)C)C1(CO)CC1.FC(F)F. The van der Waals surface area contributed by atoms with E-state index in [1.807, 2.05) is 23.9 Å². The van der Waals surface area contributed by atoms with E-state index in [0.717, 1.165) is 62.0 Å². The number of aliphatic hydroxyl groups excluding tert-OH is 1. The third-order valence-electron chi connectivity index (χ3n) is 7.20. The Morgan fingerprint density at radius 3 is 2.62 bits per heavy atom. The van der Waals surface area contributed by atoms with E-state index < -0.39 is 12.2 Å². The lowest BCUT2D eigenvalue weighted by Gasteiger charge is -2.30. The maximum atomic E-state index is 13.2. The molecule has 4 heterocycles. The molecule has 0 spiro atoms. The van der Waals surface area contributed by atoms with Crippen LogP contribution >= 0.6 is 0 Å². The Morgan fingerprint density at radius 2 is 2.05 bits per heavy atom. The number of nitrogens with one attached hydrogen (secondary N) is 2. The molecule has 1 aliphatic carbocycles. The first kappa shape index (κ1) is 29.6. The number of alkyl halides is 3. The second-order valence-electron chi connectivity index (χ2n) is 10.9.